The van der Waals surface area contributed by atoms with Crippen molar-refractivity contribution in [3.8, 4) is 16.9 Å². The smallest absolute Gasteiger partial charge is 0.404 e. The van der Waals surface area contributed by atoms with Crippen LogP contribution in [0.2, 0.25) is 5.02 Å². The Hall–Kier alpha value is -3.78. The Morgan fingerprint density at radius 3 is 2.32 bits per heavy atom. The zero-order valence-corrected chi connectivity index (χ0v) is 21.8. The highest BCUT2D eigenvalue weighted by atomic mass is 35.5. The summed E-state index contributed by atoms with van der Waals surface area (Å²) in [6.45, 7) is 5.73. The number of carbonyl (C=O) groups excluding carboxylic acids is 2. The summed E-state index contributed by atoms with van der Waals surface area (Å²) < 4.78 is 28.2. The van der Waals surface area contributed by atoms with Crippen LogP contribution in [-0.4, -0.2) is 25.2 Å². The van der Waals surface area contributed by atoms with Crippen LogP contribution in [0.1, 0.15) is 42.3 Å². The summed E-state index contributed by atoms with van der Waals surface area (Å²) in [6.07, 6.45) is -1.64. The lowest BCUT2D eigenvalue weighted by molar-refractivity contribution is -0.100. The third-order valence-corrected chi connectivity index (χ3v) is 6.90. The first kappa shape index (κ1) is 26.3. The molecule has 0 aromatic heterocycles. The third kappa shape index (κ3) is 4.57. The summed E-state index contributed by atoms with van der Waals surface area (Å²) in [6, 6.07) is 15.5. The number of fused-ring (bicyclic) bond motifs is 1. The fourth-order valence-corrected chi connectivity index (χ4v) is 5.39. The van der Waals surface area contributed by atoms with Crippen molar-refractivity contribution >= 4 is 29.3 Å². The van der Waals surface area contributed by atoms with Gasteiger partial charge in [0.1, 0.15) is 5.75 Å². The minimum absolute atomic E-state index is 0.0234. The Balaban J connectivity index is 2.02. The zero-order chi connectivity index (χ0) is 27.1. The van der Waals surface area contributed by atoms with Gasteiger partial charge >= 0.3 is 6.09 Å². The van der Waals surface area contributed by atoms with Crippen molar-refractivity contribution < 1.29 is 23.5 Å². The number of halogens is 2. The van der Waals surface area contributed by atoms with Crippen LogP contribution in [0.3, 0.4) is 0 Å². The molecule has 0 unspecified atom stereocenters. The van der Waals surface area contributed by atoms with Crippen molar-refractivity contribution in [3.63, 3.8) is 0 Å². The maximum absolute atomic E-state index is 15.8. The van der Waals surface area contributed by atoms with Crippen LogP contribution in [0.25, 0.3) is 11.1 Å². The van der Waals surface area contributed by atoms with Gasteiger partial charge in [0.2, 0.25) is 5.91 Å². The van der Waals surface area contributed by atoms with Crippen LogP contribution in [0, 0.1) is 11.2 Å². The van der Waals surface area contributed by atoms with Crippen molar-refractivity contribution in [2.24, 2.45) is 16.9 Å². The van der Waals surface area contributed by atoms with E-state index in [0.717, 1.165) is 5.56 Å². The first-order chi connectivity index (χ1) is 17.4. The number of rotatable bonds is 6. The molecular formula is C28H29ClFN3O4. The normalized spacial score (nSPS) is 17.5. The molecule has 1 aliphatic rings. The Kier molecular flexibility index (Phi) is 6.81. The Morgan fingerprint density at radius 1 is 1.08 bits per heavy atom. The predicted octanol–water partition coefficient (Wildman–Crippen LogP) is 5.63. The van der Waals surface area contributed by atoms with Crippen LogP contribution in [0.4, 0.5) is 14.9 Å². The number of primary amides is 2. The summed E-state index contributed by atoms with van der Waals surface area (Å²) in [5.41, 5.74) is 11.0. The van der Waals surface area contributed by atoms with Crippen LogP contribution in [0.5, 0.6) is 5.75 Å². The molecule has 2 atom stereocenters. The molecule has 37 heavy (non-hydrogen) atoms. The lowest BCUT2D eigenvalue weighted by Crippen LogP contribution is -2.53. The van der Waals surface area contributed by atoms with Gasteiger partial charge in [-0.05, 0) is 29.8 Å². The van der Waals surface area contributed by atoms with Crippen molar-refractivity contribution in [1.82, 2.24) is 0 Å². The number of amides is 2. The number of hydrogen-bond donors (Lipinski definition) is 3. The van der Waals surface area contributed by atoms with Gasteiger partial charge in [-0.1, -0.05) is 62.7 Å². The first-order valence-corrected chi connectivity index (χ1v) is 12.1. The molecule has 2 amide bonds. The standard InChI is InChI=1S/C28H29ClFN3O4/c1-27(2,3)25(36-26(32)35)28(15-8-6-5-7-9-15)14-17-20(37-28)13-11-18(29)21(17)22-16(24(31)34)10-12-19(33-4)23(22)30/h5-13,25,33H,14H2,1-4H3,(H2,31,34)(H2,32,35)/t25-,28-/m0/s1. The molecule has 9 heteroatoms. The summed E-state index contributed by atoms with van der Waals surface area (Å²) in [5.74, 6) is -1.06. The van der Waals surface area contributed by atoms with E-state index in [1.165, 1.54) is 12.1 Å². The number of anilines is 1. The molecule has 3 aromatic rings. The van der Waals surface area contributed by atoms with Gasteiger partial charge in [-0.25, -0.2) is 9.18 Å². The molecule has 4 rings (SSSR count). The number of ether oxygens (including phenoxy) is 2. The van der Waals surface area contributed by atoms with E-state index in [2.05, 4.69) is 5.32 Å². The van der Waals surface area contributed by atoms with Crippen LogP contribution in [-0.2, 0) is 16.8 Å². The fourth-order valence-electron chi connectivity index (χ4n) is 5.12. The topological polar surface area (TPSA) is 117 Å². The number of benzene rings is 3. The fraction of sp³-hybridized carbons (Fsp3) is 0.286. The van der Waals surface area contributed by atoms with E-state index in [9.17, 15) is 9.59 Å². The molecule has 3 aromatic carbocycles. The molecule has 5 N–H and O–H groups in total. The van der Waals surface area contributed by atoms with E-state index in [4.69, 9.17) is 32.5 Å². The minimum Gasteiger partial charge on any atom is -0.478 e. The molecule has 0 spiro atoms. The predicted molar refractivity (Wildman–Crippen MR) is 141 cm³/mol. The van der Waals surface area contributed by atoms with Crippen molar-refractivity contribution in [2.75, 3.05) is 12.4 Å². The van der Waals surface area contributed by atoms with E-state index in [1.807, 2.05) is 51.1 Å². The quantitative estimate of drug-likeness (QED) is 0.386. The van der Waals surface area contributed by atoms with Gasteiger partial charge in [0.25, 0.3) is 0 Å². The van der Waals surface area contributed by atoms with E-state index in [-0.39, 0.29) is 33.8 Å². The Bertz CT molecular complexity index is 1370. The van der Waals surface area contributed by atoms with Crippen molar-refractivity contribution in [3.05, 3.63) is 82.1 Å². The highest BCUT2D eigenvalue weighted by Gasteiger charge is 2.55. The van der Waals surface area contributed by atoms with Crippen molar-refractivity contribution in [2.45, 2.75) is 38.9 Å². The SMILES string of the molecule is CNc1ccc(C(N)=O)c(-c2c(Cl)ccc3c2C[C@](c2ccccc2)([C@@H](OC(N)=O)C(C)(C)C)O3)c1F. The molecule has 0 fully saturated rings. The maximum Gasteiger partial charge on any atom is 0.404 e. The van der Waals surface area contributed by atoms with Gasteiger partial charge in [0.05, 0.1) is 11.3 Å². The van der Waals surface area contributed by atoms with E-state index in [0.29, 0.717) is 11.3 Å². The molecular weight excluding hydrogens is 497 g/mol. The number of nitrogens with two attached hydrogens (primary N) is 2. The second kappa shape index (κ2) is 9.59. The first-order valence-electron chi connectivity index (χ1n) is 11.7. The number of carbonyl (C=O) groups is 2. The summed E-state index contributed by atoms with van der Waals surface area (Å²) in [4.78, 5) is 24.4. The monoisotopic (exact) mass is 525 g/mol. The molecule has 0 aliphatic carbocycles. The van der Waals surface area contributed by atoms with Crippen LogP contribution < -0.4 is 21.5 Å². The van der Waals surface area contributed by atoms with E-state index < -0.39 is 34.9 Å². The average molecular weight is 526 g/mol. The molecule has 0 bridgehead atoms. The molecule has 0 radical (unpaired) electrons. The second-order valence-corrected chi connectivity index (χ2v) is 10.5. The lowest BCUT2D eigenvalue weighted by atomic mass is 9.72. The Morgan fingerprint density at radius 2 is 1.76 bits per heavy atom. The van der Waals surface area contributed by atoms with E-state index in [1.54, 1.807) is 19.2 Å². The summed E-state index contributed by atoms with van der Waals surface area (Å²) in [7, 11) is 1.57. The summed E-state index contributed by atoms with van der Waals surface area (Å²) >= 11 is 6.68. The maximum atomic E-state index is 15.8. The molecule has 0 saturated carbocycles. The highest BCUT2D eigenvalue weighted by molar-refractivity contribution is 6.34. The van der Waals surface area contributed by atoms with Gasteiger partial charge in [-0.15, -0.1) is 0 Å². The average Bonchev–Trinajstić information content (AvgIpc) is 3.23. The van der Waals surface area contributed by atoms with Crippen LogP contribution in [0.15, 0.2) is 54.6 Å². The molecule has 0 saturated heterocycles. The Labute approximate surface area is 219 Å². The van der Waals surface area contributed by atoms with Gasteiger partial charge in [-0.3, -0.25) is 4.79 Å². The molecule has 1 heterocycles. The number of hydrogen-bond acceptors (Lipinski definition) is 5. The van der Waals surface area contributed by atoms with Gasteiger partial charge in [0, 0.05) is 40.6 Å². The van der Waals surface area contributed by atoms with Gasteiger partial charge in [-0.2, -0.15) is 0 Å². The largest absolute Gasteiger partial charge is 0.478 e. The minimum atomic E-state index is -1.22. The second-order valence-electron chi connectivity index (χ2n) is 10.1. The number of nitrogens with one attached hydrogen (secondary N) is 1. The van der Waals surface area contributed by atoms with Gasteiger partial charge in [0.15, 0.2) is 17.5 Å². The third-order valence-electron chi connectivity index (χ3n) is 6.58. The molecule has 7 nitrogen and oxygen atoms in total. The van der Waals surface area contributed by atoms with E-state index >= 15 is 4.39 Å². The highest BCUT2D eigenvalue weighted by Crippen LogP contribution is 2.53. The van der Waals surface area contributed by atoms with Crippen LogP contribution >= 0.6 is 11.6 Å². The van der Waals surface area contributed by atoms with Crippen molar-refractivity contribution in [1.29, 1.82) is 0 Å². The molecule has 194 valence electrons. The van der Waals surface area contributed by atoms with Gasteiger partial charge < -0.3 is 26.3 Å². The lowest BCUT2D eigenvalue weighted by Gasteiger charge is -2.43. The summed E-state index contributed by atoms with van der Waals surface area (Å²) in [5, 5.41) is 3.00. The zero-order valence-electron chi connectivity index (χ0n) is 21.0. The molecule has 1 aliphatic heterocycles.